The number of nitrogen functional groups attached to an aromatic ring is 1. The van der Waals surface area contributed by atoms with Crippen LogP contribution in [0.1, 0.15) is 55.8 Å². The maximum Gasteiger partial charge on any atom is 0.339 e. The Morgan fingerprint density at radius 2 is 1.83 bits per heavy atom. The van der Waals surface area contributed by atoms with Gasteiger partial charge in [-0.25, -0.2) is 4.79 Å². The van der Waals surface area contributed by atoms with Gasteiger partial charge in [0.25, 0.3) is 0 Å². The second kappa shape index (κ2) is 11.5. The molecular formula is C18H28N2O4. The lowest BCUT2D eigenvalue weighted by atomic mass is 10.1. The van der Waals surface area contributed by atoms with Crippen LogP contribution in [0.15, 0.2) is 18.2 Å². The van der Waals surface area contributed by atoms with E-state index in [1.807, 2.05) is 0 Å². The Morgan fingerprint density at radius 3 is 2.54 bits per heavy atom. The number of nitrogens with one attached hydrogen (secondary N) is 1. The number of nitrogens with two attached hydrogens (primary N) is 1. The number of ether oxygens (including phenoxy) is 2. The minimum atomic E-state index is -0.529. The van der Waals surface area contributed by atoms with Gasteiger partial charge >= 0.3 is 5.97 Å². The average Bonchev–Trinajstić information content (AvgIpc) is 2.56. The summed E-state index contributed by atoms with van der Waals surface area (Å²) in [5.74, 6) is -0.852. The van der Waals surface area contributed by atoms with Gasteiger partial charge in [0.05, 0.1) is 18.4 Å². The van der Waals surface area contributed by atoms with Gasteiger partial charge in [-0.2, -0.15) is 0 Å². The van der Waals surface area contributed by atoms with Crippen LogP contribution in [-0.4, -0.2) is 32.2 Å². The molecule has 6 heteroatoms. The van der Waals surface area contributed by atoms with Gasteiger partial charge in [-0.15, -0.1) is 0 Å². The predicted molar refractivity (Wildman–Crippen MR) is 95.0 cm³/mol. The molecule has 1 rings (SSSR count). The SMILES string of the molecule is CCCCCCCCOCC(=O)Nc1cc(N)ccc1C(=O)OC. The van der Waals surface area contributed by atoms with Crippen LogP contribution in [0, 0.1) is 0 Å². The molecule has 0 aliphatic heterocycles. The number of amides is 1. The Kier molecular flexibility index (Phi) is 9.53. The van der Waals surface area contributed by atoms with Crippen molar-refractivity contribution in [3.05, 3.63) is 23.8 Å². The topological polar surface area (TPSA) is 90.6 Å². The monoisotopic (exact) mass is 336 g/mol. The molecule has 1 aromatic carbocycles. The summed E-state index contributed by atoms with van der Waals surface area (Å²) in [6.07, 6.45) is 7.02. The van der Waals surface area contributed by atoms with Crippen molar-refractivity contribution in [2.75, 3.05) is 31.4 Å². The van der Waals surface area contributed by atoms with Crippen LogP contribution in [0.2, 0.25) is 0 Å². The summed E-state index contributed by atoms with van der Waals surface area (Å²) < 4.78 is 10.1. The zero-order valence-electron chi connectivity index (χ0n) is 14.6. The molecule has 0 spiro atoms. The molecule has 0 atom stereocenters. The van der Waals surface area contributed by atoms with Crippen molar-refractivity contribution < 1.29 is 19.1 Å². The summed E-state index contributed by atoms with van der Waals surface area (Å²) >= 11 is 0. The van der Waals surface area contributed by atoms with Gasteiger partial charge in [0, 0.05) is 12.3 Å². The lowest BCUT2D eigenvalue weighted by Crippen LogP contribution is -2.20. The highest BCUT2D eigenvalue weighted by atomic mass is 16.5. The van der Waals surface area contributed by atoms with Crippen LogP contribution >= 0.6 is 0 Å². The molecule has 0 saturated heterocycles. The van der Waals surface area contributed by atoms with Crippen LogP contribution in [0.4, 0.5) is 11.4 Å². The molecule has 3 N–H and O–H groups in total. The average molecular weight is 336 g/mol. The first-order chi connectivity index (χ1) is 11.6. The van der Waals surface area contributed by atoms with Crippen LogP contribution in [0.25, 0.3) is 0 Å². The van der Waals surface area contributed by atoms with Gasteiger partial charge in [0.15, 0.2) is 0 Å². The summed E-state index contributed by atoms with van der Waals surface area (Å²) in [5.41, 5.74) is 6.74. The van der Waals surface area contributed by atoms with E-state index in [2.05, 4.69) is 17.0 Å². The summed E-state index contributed by atoms with van der Waals surface area (Å²) in [5, 5.41) is 2.64. The van der Waals surface area contributed by atoms with E-state index in [1.54, 1.807) is 6.07 Å². The van der Waals surface area contributed by atoms with Gasteiger partial charge in [-0.05, 0) is 24.6 Å². The van der Waals surface area contributed by atoms with E-state index in [9.17, 15) is 9.59 Å². The number of benzene rings is 1. The van der Waals surface area contributed by atoms with E-state index in [1.165, 1.54) is 44.9 Å². The standard InChI is InChI=1S/C18H28N2O4/c1-3-4-5-6-7-8-11-24-13-17(21)20-16-12-14(19)9-10-15(16)18(22)23-2/h9-10,12H,3-8,11,13,19H2,1-2H3,(H,20,21). The number of carbonyl (C=O) groups is 2. The first kappa shape index (κ1) is 20.0. The number of hydrogen-bond acceptors (Lipinski definition) is 5. The summed E-state index contributed by atoms with van der Waals surface area (Å²) in [6, 6.07) is 4.63. The molecule has 0 aliphatic carbocycles. The number of anilines is 2. The Bertz CT molecular complexity index is 532. The third-order valence-electron chi connectivity index (χ3n) is 3.60. The molecule has 1 amide bonds. The van der Waals surface area contributed by atoms with Crippen molar-refractivity contribution in [2.24, 2.45) is 0 Å². The Hall–Kier alpha value is -2.08. The van der Waals surface area contributed by atoms with Crippen molar-refractivity contribution in [1.29, 1.82) is 0 Å². The highest BCUT2D eigenvalue weighted by Crippen LogP contribution is 2.20. The highest BCUT2D eigenvalue weighted by Gasteiger charge is 2.14. The van der Waals surface area contributed by atoms with Crippen molar-refractivity contribution in [3.8, 4) is 0 Å². The number of unbranched alkanes of at least 4 members (excludes halogenated alkanes) is 5. The fraction of sp³-hybridized carbons (Fsp3) is 0.556. The fourth-order valence-electron chi connectivity index (χ4n) is 2.29. The second-order valence-corrected chi connectivity index (χ2v) is 5.67. The van der Waals surface area contributed by atoms with Gasteiger partial charge in [0.1, 0.15) is 6.61 Å². The molecule has 0 saturated carbocycles. The number of esters is 1. The molecule has 24 heavy (non-hydrogen) atoms. The van der Waals surface area contributed by atoms with E-state index in [0.717, 1.165) is 12.8 Å². The van der Waals surface area contributed by atoms with Gasteiger partial charge in [0.2, 0.25) is 5.91 Å². The molecule has 0 aliphatic rings. The van der Waals surface area contributed by atoms with E-state index in [4.69, 9.17) is 10.5 Å². The Balaban J connectivity index is 2.35. The smallest absolute Gasteiger partial charge is 0.339 e. The maximum absolute atomic E-state index is 11.9. The molecular weight excluding hydrogens is 308 g/mol. The third-order valence-corrected chi connectivity index (χ3v) is 3.60. The quantitative estimate of drug-likeness (QED) is 0.367. The molecule has 134 valence electrons. The molecule has 1 aromatic rings. The third kappa shape index (κ3) is 7.46. The van der Waals surface area contributed by atoms with Crippen molar-refractivity contribution in [3.63, 3.8) is 0 Å². The van der Waals surface area contributed by atoms with Crippen LogP contribution in [-0.2, 0) is 14.3 Å². The van der Waals surface area contributed by atoms with Gasteiger partial charge in [-0.1, -0.05) is 39.0 Å². The summed E-state index contributed by atoms with van der Waals surface area (Å²) in [4.78, 5) is 23.6. The maximum atomic E-state index is 11.9. The number of carbonyl (C=O) groups excluding carboxylic acids is 2. The molecule has 0 bridgehead atoms. The fourth-order valence-corrected chi connectivity index (χ4v) is 2.29. The van der Waals surface area contributed by atoms with Gasteiger partial charge in [-0.3, -0.25) is 4.79 Å². The summed E-state index contributed by atoms with van der Waals surface area (Å²) in [7, 11) is 1.29. The number of methoxy groups -OCH3 is 1. The predicted octanol–water partition coefficient (Wildman–Crippen LogP) is 3.37. The molecule has 0 radical (unpaired) electrons. The van der Waals surface area contributed by atoms with E-state index in [0.29, 0.717) is 18.0 Å². The first-order valence-electron chi connectivity index (χ1n) is 8.44. The van der Waals surface area contributed by atoms with Crippen LogP contribution in [0.3, 0.4) is 0 Å². The minimum Gasteiger partial charge on any atom is -0.465 e. The Morgan fingerprint density at radius 1 is 1.12 bits per heavy atom. The zero-order valence-corrected chi connectivity index (χ0v) is 14.6. The molecule has 0 heterocycles. The van der Waals surface area contributed by atoms with E-state index < -0.39 is 5.97 Å². The minimum absolute atomic E-state index is 0.0512. The number of rotatable bonds is 11. The normalized spacial score (nSPS) is 10.4. The molecule has 6 nitrogen and oxygen atoms in total. The van der Waals surface area contributed by atoms with Crippen LogP contribution < -0.4 is 11.1 Å². The van der Waals surface area contributed by atoms with Crippen LogP contribution in [0.5, 0.6) is 0 Å². The summed E-state index contributed by atoms with van der Waals surface area (Å²) in [6.45, 7) is 2.69. The zero-order chi connectivity index (χ0) is 17.8. The van der Waals surface area contributed by atoms with E-state index >= 15 is 0 Å². The van der Waals surface area contributed by atoms with Gasteiger partial charge < -0.3 is 20.5 Å². The lowest BCUT2D eigenvalue weighted by molar-refractivity contribution is -0.120. The first-order valence-corrected chi connectivity index (χ1v) is 8.44. The number of hydrogen-bond donors (Lipinski definition) is 2. The van der Waals surface area contributed by atoms with Crippen molar-refractivity contribution >= 4 is 23.3 Å². The Labute approximate surface area is 143 Å². The van der Waals surface area contributed by atoms with Crippen molar-refractivity contribution in [2.45, 2.75) is 45.4 Å². The second-order valence-electron chi connectivity index (χ2n) is 5.67. The van der Waals surface area contributed by atoms with E-state index in [-0.39, 0.29) is 18.1 Å². The molecule has 0 unspecified atom stereocenters. The highest BCUT2D eigenvalue weighted by molar-refractivity contribution is 6.02. The molecule has 0 aromatic heterocycles. The lowest BCUT2D eigenvalue weighted by Gasteiger charge is -2.11. The van der Waals surface area contributed by atoms with Crippen molar-refractivity contribution in [1.82, 2.24) is 0 Å². The largest absolute Gasteiger partial charge is 0.465 e. The molecule has 0 fully saturated rings.